The van der Waals surface area contributed by atoms with E-state index >= 15 is 0 Å². The van der Waals surface area contributed by atoms with Gasteiger partial charge in [0.25, 0.3) is 5.91 Å². The monoisotopic (exact) mass is 383 g/mol. The van der Waals surface area contributed by atoms with Crippen molar-refractivity contribution in [2.45, 2.75) is 0 Å². The molecule has 2 heterocycles. The van der Waals surface area contributed by atoms with Gasteiger partial charge in [-0.05, 0) is 42.5 Å². The van der Waals surface area contributed by atoms with Gasteiger partial charge in [0.05, 0.1) is 17.4 Å². The molecule has 0 radical (unpaired) electrons. The lowest BCUT2D eigenvalue weighted by Crippen LogP contribution is -2.51. The molecule has 0 aliphatic carbocycles. The van der Waals surface area contributed by atoms with Crippen molar-refractivity contribution in [3.05, 3.63) is 59.4 Å². The highest BCUT2D eigenvalue weighted by Gasteiger charge is 2.25. The van der Waals surface area contributed by atoms with Gasteiger partial charge in [0.15, 0.2) is 0 Å². The quantitative estimate of drug-likeness (QED) is 0.713. The minimum atomic E-state index is -0.177. The summed E-state index contributed by atoms with van der Waals surface area (Å²) in [6.07, 6.45) is 1.61. The zero-order chi connectivity index (χ0) is 18.8. The van der Waals surface area contributed by atoms with Gasteiger partial charge >= 0.3 is 6.03 Å². The molecule has 7 nitrogen and oxygen atoms in total. The SMILES string of the molecule is O=C(Nc1ccc(Cl)cc1)N1CCN(C(=O)c2ccc3nc[nH]c3c2)CC1. The number of aromatic nitrogens is 2. The van der Waals surface area contributed by atoms with Gasteiger partial charge in [-0.3, -0.25) is 4.79 Å². The van der Waals surface area contributed by atoms with Gasteiger partial charge in [0, 0.05) is 42.5 Å². The molecule has 0 unspecified atom stereocenters. The Morgan fingerprint density at radius 1 is 1.00 bits per heavy atom. The van der Waals surface area contributed by atoms with Crippen molar-refractivity contribution in [3.63, 3.8) is 0 Å². The number of carbonyl (C=O) groups excluding carboxylic acids is 2. The van der Waals surface area contributed by atoms with Crippen molar-refractivity contribution >= 4 is 40.3 Å². The Hall–Kier alpha value is -3.06. The molecule has 3 aromatic rings. The molecule has 27 heavy (non-hydrogen) atoms. The molecular weight excluding hydrogens is 366 g/mol. The van der Waals surface area contributed by atoms with Crippen LogP contribution in [0.25, 0.3) is 11.0 Å². The molecule has 2 aromatic carbocycles. The maximum absolute atomic E-state index is 12.7. The van der Waals surface area contributed by atoms with E-state index in [0.717, 1.165) is 11.0 Å². The third-order valence-corrected chi connectivity index (χ3v) is 4.87. The number of rotatable bonds is 2. The molecule has 1 saturated heterocycles. The Labute approximate surface area is 160 Å². The Bertz CT molecular complexity index is 977. The van der Waals surface area contributed by atoms with E-state index in [1.807, 2.05) is 12.1 Å². The summed E-state index contributed by atoms with van der Waals surface area (Å²) in [5, 5.41) is 3.46. The number of carbonyl (C=O) groups is 2. The predicted molar refractivity (Wildman–Crippen MR) is 104 cm³/mol. The number of hydrogen-bond acceptors (Lipinski definition) is 3. The standard InChI is InChI=1S/C19H18ClN5O2/c20-14-2-4-15(5-3-14)23-19(27)25-9-7-24(8-10-25)18(26)13-1-6-16-17(11-13)22-12-21-16/h1-6,11-12H,7-10H2,(H,21,22)(H,23,27). The second-order valence-corrected chi connectivity index (χ2v) is 6.79. The van der Waals surface area contributed by atoms with E-state index < -0.39 is 0 Å². The van der Waals surface area contributed by atoms with Crippen LogP contribution in [0.15, 0.2) is 48.8 Å². The molecule has 0 spiro atoms. The van der Waals surface area contributed by atoms with Crippen LogP contribution in [0.4, 0.5) is 10.5 Å². The number of benzene rings is 2. The number of anilines is 1. The van der Waals surface area contributed by atoms with Crippen molar-refractivity contribution in [2.24, 2.45) is 0 Å². The molecule has 0 saturated carbocycles. The zero-order valence-electron chi connectivity index (χ0n) is 14.5. The molecule has 1 aliphatic rings. The first kappa shape index (κ1) is 17.4. The number of halogens is 1. The van der Waals surface area contributed by atoms with Crippen LogP contribution in [0.1, 0.15) is 10.4 Å². The van der Waals surface area contributed by atoms with E-state index in [2.05, 4.69) is 15.3 Å². The molecule has 0 bridgehead atoms. The van der Waals surface area contributed by atoms with E-state index in [0.29, 0.717) is 42.5 Å². The summed E-state index contributed by atoms with van der Waals surface area (Å²) >= 11 is 5.85. The van der Waals surface area contributed by atoms with Crippen LogP contribution in [-0.4, -0.2) is 57.9 Å². The van der Waals surface area contributed by atoms with E-state index in [-0.39, 0.29) is 11.9 Å². The third kappa shape index (κ3) is 3.73. The number of fused-ring (bicyclic) bond motifs is 1. The second-order valence-electron chi connectivity index (χ2n) is 6.35. The normalized spacial score (nSPS) is 14.4. The summed E-state index contributed by atoms with van der Waals surface area (Å²) in [5.41, 5.74) is 2.97. The lowest BCUT2D eigenvalue weighted by molar-refractivity contribution is 0.0672. The highest BCUT2D eigenvalue weighted by Crippen LogP contribution is 2.16. The van der Waals surface area contributed by atoms with Crippen molar-refractivity contribution in [1.82, 2.24) is 19.8 Å². The summed E-state index contributed by atoms with van der Waals surface area (Å²) in [6, 6.07) is 12.2. The first-order valence-corrected chi connectivity index (χ1v) is 9.02. The molecule has 1 aliphatic heterocycles. The predicted octanol–water partition coefficient (Wildman–Crippen LogP) is 3.21. The summed E-state index contributed by atoms with van der Waals surface area (Å²) in [5.74, 6) is -0.0377. The van der Waals surface area contributed by atoms with E-state index in [4.69, 9.17) is 11.6 Å². The van der Waals surface area contributed by atoms with Gasteiger partial charge in [-0.2, -0.15) is 0 Å². The van der Waals surface area contributed by atoms with Crippen LogP contribution in [0, 0.1) is 0 Å². The fraction of sp³-hybridized carbons (Fsp3) is 0.211. The first-order chi connectivity index (χ1) is 13.1. The number of urea groups is 1. The minimum absolute atomic E-state index is 0.0377. The molecule has 4 rings (SSSR count). The number of aromatic amines is 1. The number of nitrogens with one attached hydrogen (secondary N) is 2. The van der Waals surface area contributed by atoms with Gasteiger partial charge in [-0.1, -0.05) is 11.6 Å². The maximum atomic E-state index is 12.7. The van der Waals surface area contributed by atoms with Crippen LogP contribution in [0.2, 0.25) is 5.02 Å². The highest BCUT2D eigenvalue weighted by atomic mass is 35.5. The number of H-pyrrole nitrogens is 1. The lowest BCUT2D eigenvalue weighted by atomic mass is 10.1. The van der Waals surface area contributed by atoms with Gasteiger partial charge in [0.2, 0.25) is 0 Å². The summed E-state index contributed by atoms with van der Waals surface area (Å²) in [7, 11) is 0. The topological polar surface area (TPSA) is 81.3 Å². The third-order valence-electron chi connectivity index (χ3n) is 4.62. The van der Waals surface area contributed by atoms with E-state index in [1.165, 1.54) is 0 Å². The van der Waals surface area contributed by atoms with Gasteiger partial charge in [-0.15, -0.1) is 0 Å². The van der Waals surface area contributed by atoms with Gasteiger partial charge in [0.1, 0.15) is 0 Å². The Balaban J connectivity index is 1.35. The van der Waals surface area contributed by atoms with Crippen LogP contribution >= 0.6 is 11.6 Å². The first-order valence-electron chi connectivity index (χ1n) is 8.64. The number of piperazine rings is 1. The number of imidazole rings is 1. The molecular formula is C19H18ClN5O2. The Morgan fingerprint density at radius 2 is 1.70 bits per heavy atom. The largest absolute Gasteiger partial charge is 0.345 e. The number of amides is 3. The summed E-state index contributed by atoms with van der Waals surface area (Å²) in [6.45, 7) is 1.96. The Morgan fingerprint density at radius 3 is 2.44 bits per heavy atom. The molecule has 1 aromatic heterocycles. The highest BCUT2D eigenvalue weighted by molar-refractivity contribution is 6.30. The second kappa shape index (κ2) is 7.28. The van der Waals surface area contributed by atoms with Crippen LogP contribution in [-0.2, 0) is 0 Å². The maximum Gasteiger partial charge on any atom is 0.321 e. The summed E-state index contributed by atoms with van der Waals surface area (Å²) < 4.78 is 0. The number of hydrogen-bond donors (Lipinski definition) is 2. The van der Waals surface area contributed by atoms with Crippen LogP contribution in [0.3, 0.4) is 0 Å². The van der Waals surface area contributed by atoms with E-state index in [1.54, 1.807) is 46.5 Å². The molecule has 1 fully saturated rings. The van der Waals surface area contributed by atoms with Gasteiger partial charge in [-0.25, -0.2) is 9.78 Å². The smallest absolute Gasteiger partial charge is 0.321 e. The fourth-order valence-electron chi connectivity index (χ4n) is 3.10. The van der Waals surface area contributed by atoms with Gasteiger partial charge < -0.3 is 20.1 Å². The van der Waals surface area contributed by atoms with Crippen molar-refractivity contribution in [1.29, 1.82) is 0 Å². The number of nitrogens with zero attached hydrogens (tertiary/aromatic N) is 3. The molecule has 138 valence electrons. The minimum Gasteiger partial charge on any atom is -0.345 e. The average Bonchev–Trinajstić information content (AvgIpc) is 3.17. The average molecular weight is 384 g/mol. The van der Waals surface area contributed by atoms with E-state index in [9.17, 15) is 9.59 Å². The van der Waals surface area contributed by atoms with Crippen molar-refractivity contribution < 1.29 is 9.59 Å². The fourth-order valence-corrected chi connectivity index (χ4v) is 3.23. The van der Waals surface area contributed by atoms with Crippen LogP contribution in [0.5, 0.6) is 0 Å². The van der Waals surface area contributed by atoms with Crippen LogP contribution < -0.4 is 5.32 Å². The molecule has 0 atom stereocenters. The lowest BCUT2D eigenvalue weighted by Gasteiger charge is -2.34. The molecule has 2 N–H and O–H groups in total. The molecule has 8 heteroatoms. The van der Waals surface area contributed by atoms with Crippen molar-refractivity contribution in [3.8, 4) is 0 Å². The zero-order valence-corrected chi connectivity index (χ0v) is 15.2. The van der Waals surface area contributed by atoms with Crippen molar-refractivity contribution in [2.75, 3.05) is 31.5 Å². The Kier molecular flexibility index (Phi) is 4.68. The summed E-state index contributed by atoms with van der Waals surface area (Å²) in [4.78, 5) is 35.8. The molecule has 3 amide bonds.